The smallest absolute Gasteiger partial charge is 0.269 e. The number of pyridine rings is 1. The molecule has 6 heteroatoms. The number of benzene rings is 1. The molecule has 1 heterocycles. The van der Waals surface area contributed by atoms with Gasteiger partial charge in [0.1, 0.15) is 0 Å². The molecule has 2 aromatic rings. The van der Waals surface area contributed by atoms with E-state index in [4.69, 9.17) is 0 Å². The molecule has 0 fully saturated rings. The predicted octanol–water partition coefficient (Wildman–Crippen LogP) is 1.82. The number of aromatic amines is 1. The Morgan fingerprint density at radius 2 is 1.85 bits per heavy atom. The van der Waals surface area contributed by atoms with Crippen LogP contribution in [0.15, 0.2) is 46.3 Å². The van der Waals surface area contributed by atoms with Crippen molar-refractivity contribution in [1.82, 2.24) is 4.98 Å². The first-order valence-corrected chi connectivity index (χ1v) is 7.51. The number of aromatic nitrogens is 1. The average molecular weight is 292 g/mol. The first kappa shape index (κ1) is 14.3. The fourth-order valence-corrected chi connectivity index (χ4v) is 3.34. The summed E-state index contributed by atoms with van der Waals surface area (Å²) >= 11 is 0. The molecule has 0 amide bonds. The van der Waals surface area contributed by atoms with Gasteiger partial charge in [0.25, 0.3) is 10.0 Å². The van der Waals surface area contributed by atoms with Crippen molar-refractivity contribution in [2.75, 3.05) is 11.4 Å². The first-order valence-electron chi connectivity index (χ1n) is 6.07. The summed E-state index contributed by atoms with van der Waals surface area (Å²) in [6.07, 6.45) is 2.61. The molecule has 0 radical (unpaired) electrons. The fraction of sp³-hybridized carbons (Fsp3) is 0.214. The molecule has 1 N–H and O–H groups in total. The van der Waals surface area contributed by atoms with Gasteiger partial charge in [0.2, 0.25) is 5.43 Å². The van der Waals surface area contributed by atoms with Gasteiger partial charge >= 0.3 is 0 Å². The summed E-state index contributed by atoms with van der Waals surface area (Å²) in [5.74, 6) is 0. The van der Waals surface area contributed by atoms with Gasteiger partial charge in [0, 0.05) is 25.5 Å². The zero-order valence-corrected chi connectivity index (χ0v) is 12.4. The van der Waals surface area contributed by atoms with E-state index in [1.807, 2.05) is 26.0 Å². The molecule has 1 aromatic heterocycles. The standard InChI is InChI=1S/C14H16N2O3S/c1-10-4-5-12(11(2)8-10)16(3)20(18,19)14-9-15-7-6-13(14)17/h4-9H,1-3H3,(H,15,17). The second-order valence-electron chi connectivity index (χ2n) is 4.64. The molecule has 0 saturated carbocycles. The van der Waals surface area contributed by atoms with E-state index in [1.54, 1.807) is 6.07 Å². The minimum absolute atomic E-state index is 0.262. The highest BCUT2D eigenvalue weighted by Crippen LogP contribution is 2.24. The molecule has 106 valence electrons. The Balaban J connectivity index is 2.55. The molecule has 0 bridgehead atoms. The van der Waals surface area contributed by atoms with Crippen molar-refractivity contribution in [2.24, 2.45) is 0 Å². The van der Waals surface area contributed by atoms with E-state index in [9.17, 15) is 13.2 Å². The molecule has 20 heavy (non-hydrogen) atoms. The van der Waals surface area contributed by atoms with Crippen LogP contribution in [-0.4, -0.2) is 20.4 Å². The summed E-state index contributed by atoms with van der Waals surface area (Å²) in [7, 11) is -2.42. The molecule has 0 aliphatic carbocycles. The molecule has 0 atom stereocenters. The third-order valence-electron chi connectivity index (χ3n) is 3.12. The van der Waals surface area contributed by atoms with Gasteiger partial charge in [-0.15, -0.1) is 0 Å². The summed E-state index contributed by atoms with van der Waals surface area (Å²) in [6.45, 7) is 3.77. The Bertz CT molecular complexity index is 794. The van der Waals surface area contributed by atoms with Crippen LogP contribution in [-0.2, 0) is 10.0 Å². The summed E-state index contributed by atoms with van der Waals surface area (Å²) in [5.41, 5.74) is 1.91. The van der Waals surface area contributed by atoms with Gasteiger partial charge < -0.3 is 4.98 Å². The van der Waals surface area contributed by atoms with Crippen LogP contribution in [0.1, 0.15) is 11.1 Å². The lowest BCUT2D eigenvalue weighted by Crippen LogP contribution is -2.31. The number of hydrogen-bond donors (Lipinski definition) is 1. The van der Waals surface area contributed by atoms with Gasteiger partial charge in [-0.05, 0) is 25.5 Å². The second-order valence-corrected chi connectivity index (χ2v) is 6.57. The van der Waals surface area contributed by atoms with Crippen molar-refractivity contribution >= 4 is 15.7 Å². The molecule has 2 rings (SSSR count). The lowest BCUT2D eigenvalue weighted by Gasteiger charge is -2.21. The summed E-state index contributed by atoms with van der Waals surface area (Å²) in [4.78, 5) is 14.1. The number of rotatable bonds is 3. The van der Waals surface area contributed by atoms with Gasteiger partial charge in [0.05, 0.1) is 5.69 Å². The van der Waals surface area contributed by atoms with E-state index < -0.39 is 15.5 Å². The number of aryl methyl sites for hydroxylation is 2. The zero-order valence-electron chi connectivity index (χ0n) is 11.5. The average Bonchev–Trinajstić information content (AvgIpc) is 2.38. The van der Waals surface area contributed by atoms with Crippen LogP contribution in [0.3, 0.4) is 0 Å². The Morgan fingerprint density at radius 3 is 2.45 bits per heavy atom. The summed E-state index contributed by atoms with van der Waals surface area (Å²) in [5, 5.41) is 0. The van der Waals surface area contributed by atoms with E-state index in [0.29, 0.717) is 5.69 Å². The van der Waals surface area contributed by atoms with Crippen LogP contribution in [0.2, 0.25) is 0 Å². The maximum absolute atomic E-state index is 12.5. The van der Waals surface area contributed by atoms with E-state index >= 15 is 0 Å². The van der Waals surface area contributed by atoms with Gasteiger partial charge in [-0.25, -0.2) is 8.42 Å². The van der Waals surface area contributed by atoms with Crippen LogP contribution in [0.25, 0.3) is 0 Å². The Morgan fingerprint density at radius 1 is 1.15 bits per heavy atom. The highest BCUT2D eigenvalue weighted by Gasteiger charge is 2.24. The minimum atomic E-state index is -3.87. The Hall–Kier alpha value is -2.08. The summed E-state index contributed by atoms with van der Waals surface area (Å²) in [6, 6.07) is 6.67. The number of nitrogens with one attached hydrogen (secondary N) is 1. The number of anilines is 1. The van der Waals surface area contributed by atoms with Crippen molar-refractivity contribution in [3.63, 3.8) is 0 Å². The Labute approximate surface area is 117 Å². The molecule has 0 unspecified atom stereocenters. The maximum Gasteiger partial charge on any atom is 0.269 e. The SMILES string of the molecule is Cc1ccc(N(C)S(=O)(=O)c2c[nH]ccc2=O)c(C)c1. The van der Waals surface area contributed by atoms with Crippen LogP contribution in [0, 0.1) is 13.8 Å². The highest BCUT2D eigenvalue weighted by molar-refractivity contribution is 7.92. The third kappa shape index (κ3) is 2.46. The first-order chi connectivity index (χ1) is 9.34. The predicted molar refractivity (Wildman–Crippen MR) is 78.6 cm³/mol. The molecular formula is C14H16N2O3S. The second kappa shape index (κ2) is 5.13. The molecule has 0 aliphatic rings. The molecule has 0 aliphatic heterocycles. The normalized spacial score (nSPS) is 11.3. The van der Waals surface area contributed by atoms with E-state index in [-0.39, 0.29) is 4.90 Å². The molecule has 1 aromatic carbocycles. The van der Waals surface area contributed by atoms with E-state index in [0.717, 1.165) is 15.4 Å². The number of nitrogens with zero attached hydrogens (tertiary/aromatic N) is 1. The van der Waals surface area contributed by atoms with Crippen LogP contribution in [0.5, 0.6) is 0 Å². The van der Waals surface area contributed by atoms with Gasteiger partial charge in [-0.1, -0.05) is 17.7 Å². The van der Waals surface area contributed by atoms with Crippen molar-refractivity contribution in [3.05, 3.63) is 58.0 Å². The molecule has 5 nitrogen and oxygen atoms in total. The summed E-state index contributed by atoms with van der Waals surface area (Å²) < 4.78 is 26.1. The van der Waals surface area contributed by atoms with Crippen molar-refractivity contribution in [3.8, 4) is 0 Å². The largest absolute Gasteiger partial charge is 0.366 e. The number of hydrogen-bond acceptors (Lipinski definition) is 3. The van der Waals surface area contributed by atoms with Crippen molar-refractivity contribution < 1.29 is 8.42 Å². The molecule has 0 spiro atoms. The quantitative estimate of drug-likeness (QED) is 0.938. The fourth-order valence-electron chi connectivity index (χ4n) is 2.04. The topological polar surface area (TPSA) is 70.2 Å². The van der Waals surface area contributed by atoms with E-state index in [2.05, 4.69) is 4.98 Å². The third-order valence-corrected chi connectivity index (χ3v) is 4.91. The van der Waals surface area contributed by atoms with Gasteiger partial charge in [-0.2, -0.15) is 0 Å². The van der Waals surface area contributed by atoms with Crippen LogP contribution < -0.4 is 9.73 Å². The number of sulfonamides is 1. The molecular weight excluding hydrogens is 276 g/mol. The van der Waals surface area contributed by atoms with Crippen molar-refractivity contribution in [2.45, 2.75) is 18.7 Å². The number of H-pyrrole nitrogens is 1. The van der Waals surface area contributed by atoms with Gasteiger partial charge in [-0.3, -0.25) is 9.10 Å². The van der Waals surface area contributed by atoms with Gasteiger partial charge in [0.15, 0.2) is 4.90 Å². The minimum Gasteiger partial charge on any atom is -0.366 e. The zero-order chi connectivity index (χ0) is 14.9. The lowest BCUT2D eigenvalue weighted by atomic mass is 10.1. The van der Waals surface area contributed by atoms with Crippen LogP contribution in [0.4, 0.5) is 5.69 Å². The monoisotopic (exact) mass is 292 g/mol. The molecule has 0 saturated heterocycles. The van der Waals surface area contributed by atoms with Crippen LogP contribution >= 0.6 is 0 Å². The van der Waals surface area contributed by atoms with Crippen molar-refractivity contribution in [1.29, 1.82) is 0 Å². The van der Waals surface area contributed by atoms with E-state index in [1.165, 1.54) is 25.5 Å². The Kier molecular flexibility index (Phi) is 3.67. The maximum atomic E-state index is 12.5. The highest BCUT2D eigenvalue weighted by atomic mass is 32.2. The lowest BCUT2D eigenvalue weighted by molar-refractivity contribution is 0.593.